The quantitative estimate of drug-likeness (QED) is 0.746. The van der Waals surface area contributed by atoms with Crippen molar-refractivity contribution in [2.24, 2.45) is 5.73 Å². The molecule has 2 aromatic carbocycles. The Morgan fingerprint density at radius 3 is 2.27 bits per heavy atom. The van der Waals surface area contributed by atoms with Gasteiger partial charge < -0.3 is 10.6 Å². The van der Waals surface area contributed by atoms with E-state index in [4.69, 9.17) is 5.73 Å². The van der Waals surface area contributed by atoms with Crippen molar-refractivity contribution in [1.82, 2.24) is 9.62 Å². The fourth-order valence-electron chi connectivity index (χ4n) is 3.45. The minimum absolute atomic E-state index is 0.140. The van der Waals surface area contributed by atoms with Gasteiger partial charge >= 0.3 is 6.18 Å². The van der Waals surface area contributed by atoms with Gasteiger partial charge in [-0.25, -0.2) is 13.1 Å². The van der Waals surface area contributed by atoms with Crippen molar-refractivity contribution in [3.63, 3.8) is 0 Å². The van der Waals surface area contributed by atoms with Crippen molar-refractivity contribution in [1.29, 1.82) is 0 Å². The largest absolute Gasteiger partial charge is 0.417 e. The van der Waals surface area contributed by atoms with Gasteiger partial charge in [0.25, 0.3) is 0 Å². The number of piperidine rings is 1. The Labute approximate surface area is 172 Å². The number of nitrogens with two attached hydrogens (primary N) is 1. The first kappa shape index (κ1) is 22.3. The van der Waals surface area contributed by atoms with E-state index in [1.54, 1.807) is 30.3 Å². The first-order chi connectivity index (χ1) is 14.1. The molecule has 1 amide bonds. The molecule has 0 aromatic heterocycles. The number of nitrogens with one attached hydrogen (secondary N) is 1. The molecule has 1 aliphatic rings. The van der Waals surface area contributed by atoms with Crippen molar-refractivity contribution in [3.05, 3.63) is 54.1 Å². The van der Waals surface area contributed by atoms with Gasteiger partial charge in [0, 0.05) is 19.1 Å². The molecule has 0 atom stereocenters. The molecule has 1 saturated heterocycles. The van der Waals surface area contributed by atoms with E-state index in [0.29, 0.717) is 31.5 Å². The predicted octanol–water partition coefficient (Wildman–Crippen LogP) is 2.60. The van der Waals surface area contributed by atoms with Gasteiger partial charge in [-0.2, -0.15) is 13.2 Å². The highest BCUT2D eigenvalue weighted by Gasteiger charge is 2.38. The van der Waals surface area contributed by atoms with Crippen LogP contribution in [0.3, 0.4) is 0 Å². The predicted molar refractivity (Wildman–Crippen MR) is 106 cm³/mol. The summed E-state index contributed by atoms with van der Waals surface area (Å²) in [6, 6.07) is 11.1. The number of carbonyl (C=O) groups excluding carboxylic acids is 1. The van der Waals surface area contributed by atoms with Crippen LogP contribution in [0, 0.1) is 0 Å². The lowest BCUT2D eigenvalue weighted by atomic mass is 10.0. The molecule has 1 aliphatic heterocycles. The summed E-state index contributed by atoms with van der Waals surface area (Å²) in [4.78, 5) is 12.3. The van der Waals surface area contributed by atoms with Gasteiger partial charge in [-0.1, -0.05) is 36.4 Å². The van der Waals surface area contributed by atoms with Crippen LogP contribution in [0.15, 0.2) is 53.4 Å². The Bertz CT molecular complexity index is 1000. The summed E-state index contributed by atoms with van der Waals surface area (Å²) < 4.78 is 69.0. The highest BCUT2D eigenvalue weighted by atomic mass is 32.2. The molecule has 3 N–H and O–H groups in total. The summed E-state index contributed by atoms with van der Waals surface area (Å²) in [5, 5.41) is 0. The van der Waals surface area contributed by atoms with Crippen LogP contribution in [0.5, 0.6) is 0 Å². The minimum atomic E-state index is -4.84. The molecule has 0 saturated carbocycles. The normalized spacial score (nSPS) is 15.9. The molecule has 0 unspecified atom stereocenters. The van der Waals surface area contributed by atoms with E-state index in [-0.39, 0.29) is 18.0 Å². The molecule has 2 aromatic rings. The molecule has 1 heterocycles. The van der Waals surface area contributed by atoms with Gasteiger partial charge in [0.05, 0.1) is 17.0 Å². The molecule has 6 nitrogen and oxygen atoms in total. The van der Waals surface area contributed by atoms with Crippen LogP contribution in [0.25, 0.3) is 11.1 Å². The molecular formula is C20H22F3N3O3S. The number of hydrogen-bond acceptors (Lipinski definition) is 4. The van der Waals surface area contributed by atoms with Gasteiger partial charge in [0.1, 0.15) is 0 Å². The summed E-state index contributed by atoms with van der Waals surface area (Å²) in [6.45, 7) is 0.448. The molecule has 30 heavy (non-hydrogen) atoms. The van der Waals surface area contributed by atoms with Crippen molar-refractivity contribution in [2.75, 3.05) is 19.6 Å². The number of carbonyl (C=O) groups is 1. The average molecular weight is 441 g/mol. The average Bonchev–Trinajstić information content (AvgIpc) is 2.73. The third-order valence-corrected chi connectivity index (χ3v) is 6.60. The lowest BCUT2D eigenvalue weighted by Crippen LogP contribution is -2.48. The van der Waals surface area contributed by atoms with Crippen LogP contribution in [0.1, 0.15) is 18.4 Å². The van der Waals surface area contributed by atoms with E-state index in [1.165, 1.54) is 11.0 Å². The molecule has 0 spiro atoms. The Hall–Kier alpha value is -2.43. The monoisotopic (exact) mass is 441 g/mol. The summed E-state index contributed by atoms with van der Waals surface area (Å²) in [5.74, 6) is -0.243. The second-order valence-corrected chi connectivity index (χ2v) is 8.74. The Morgan fingerprint density at radius 2 is 1.70 bits per heavy atom. The third kappa shape index (κ3) is 5.00. The fraction of sp³-hybridized carbons (Fsp3) is 0.350. The molecule has 0 bridgehead atoms. The highest BCUT2D eigenvalue weighted by Crippen LogP contribution is 2.37. The van der Waals surface area contributed by atoms with Crippen LogP contribution < -0.4 is 10.5 Å². The Balaban J connectivity index is 1.86. The molecular weight excluding hydrogens is 419 g/mol. The number of sulfonamides is 1. The number of likely N-dealkylation sites (tertiary alicyclic amines) is 1. The zero-order chi connectivity index (χ0) is 21.9. The maximum absolute atomic E-state index is 13.7. The minimum Gasteiger partial charge on any atom is -0.341 e. The smallest absolute Gasteiger partial charge is 0.341 e. The van der Waals surface area contributed by atoms with E-state index in [9.17, 15) is 26.4 Å². The maximum Gasteiger partial charge on any atom is 0.417 e. The Morgan fingerprint density at radius 1 is 1.07 bits per heavy atom. The van der Waals surface area contributed by atoms with Crippen LogP contribution in [-0.2, 0) is 21.0 Å². The molecule has 3 rings (SSSR count). The molecule has 0 radical (unpaired) electrons. The number of halogens is 3. The zero-order valence-electron chi connectivity index (χ0n) is 16.0. The van der Waals surface area contributed by atoms with Gasteiger partial charge in [0.2, 0.25) is 15.9 Å². The van der Waals surface area contributed by atoms with Crippen molar-refractivity contribution in [3.8, 4) is 11.1 Å². The second-order valence-electron chi connectivity index (χ2n) is 7.06. The van der Waals surface area contributed by atoms with Crippen molar-refractivity contribution >= 4 is 15.9 Å². The van der Waals surface area contributed by atoms with Crippen LogP contribution in [0.4, 0.5) is 13.2 Å². The zero-order valence-corrected chi connectivity index (χ0v) is 16.8. The van der Waals surface area contributed by atoms with E-state index >= 15 is 0 Å². The van der Waals surface area contributed by atoms with Crippen LogP contribution in [0.2, 0.25) is 0 Å². The summed E-state index contributed by atoms with van der Waals surface area (Å²) in [6.07, 6.45) is -4.24. The van der Waals surface area contributed by atoms with Gasteiger partial charge in [-0.15, -0.1) is 0 Å². The first-order valence-corrected chi connectivity index (χ1v) is 10.9. The van der Waals surface area contributed by atoms with E-state index in [2.05, 4.69) is 4.72 Å². The van der Waals surface area contributed by atoms with Crippen molar-refractivity contribution < 1.29 is 26.4 Å². The lowest BCUT2D eigenvalue weighted by Gasteiger charge is -2.32. The van der Waals surface area contributed by atoms with Gasteiger partial charge in [0.15, 0.2) is 0 Å². The SMILES string of the molecule is NCC(=O)N1CCC(NS(=O)(=O)c2ccc(-c3ccccc3)cc2C(F)(F)F)CC1. The van der Waals surface area contributed by atoms with Crippen LogP contribution in [-0.4, -0.2) is 44.9 Å². The van der Waals surface area contributed by atoms with Crippen LogP contribution >= 0.6 is 0 Å². The molecule has 0 aliphatic carbocycles. The summed E-state index contributed by atoms with van der Waals surface area (Å²) in [7, 11) is -4.41. The third-order valence-electron chi connectivity index (χ3n) is 5.03. The lowest BCUT2D eigenvalue weighted by molar-refractivity contribution is -0.139. The number of alkyl halides is 3. The van der Waals surface area contributed by atoms with Gasteiger partial charge in [-0.05, 0) is 36.1 Å². The number of hydrogen-bond donors (Lipinski definition) is 2. The van der Waals surface area contributed by atoms with E-state index in [0.717, 1.165) is 12.1 Å². The standard InChI is InChI=1S/C20H22F3N3O3S/c21-20(22,23)17-12-15(14-4-2-1-3-5-14)6-7-18(17)30(28,29)25-16-8-10-26(11-9-16)19(27)13-24/h1-7,12,16,25H,8-11,13,24H2. The first-order valence-electron chi connectivity index (χ1n) is 9.38. The van der Waals surface area contributed by atoms with Crippen molar-refractivity contribution in [2.45, 2.75) is 30.0 Å². The highest BCUT2D eigenvalue weighted by molar-refractivity contribution is 7.89. The molecule has 162 valence electrons. The Kier molecular flexibility index (Phi) is 6.49. The number of amides is 1. The summed E-state index contributed by atoms with van der Waals surface area (Å²) in [5.41, 5.74) is 4.93. The molecule has 10 heteroatoms. The molecule has 1 fully saturated rings. The van der Waals surface area contributed by atoms with E-state index < -0.39 is 32.7 Å². The summed E-state index contributed by atoms with van der Waals surface area (Å²) >= 11 is 0. The number of rotatable bonds is 5. The maximum atomic E-state index is 13.7. The second kappa shape index (κ2) is 8.75. The van der Waals surface area contributed by atoms with Gasteiger partial charge in [-0.3, -0.25) is 4.79 Å². The fourth-order valence-corrected chi connectivity index (χ4v) is 4.97. The number of nitrogens with zero attached hydrogens (tertiary/aromatic N) is 1. The topological polar surface area (TPSA) is 92.5 Å². The van der Waals surface area contributed by atoms with E-state index in [1.807, 2.05) is 0 Å². The number of benzene rings is 2.